The fourth-order valence-corrected chi connectivity index (χ4v) is 6.60. The first-order valence-corrected chi connectivity index (χ1v) is 15.1. The van der Waals surface area contributed by atoms with Crippen molar-refractivity contribution >= 4 is 40.4 Å². The van der Waals surface area contributed by atoms with Gasteiger partial charge < -0.3 is 23.5 Å². The summed E-state index contributed by atoms with van der Waals surface area (Å²) in [5, 5.41) is 0. The topological polar surface area (TPSA) is 130 Å². The lowest BCUT2D eigenvalue weighted by Gasteiger charge is -2.25. The smallest absolute Gasteiger partial charge is 0.379 e. The summed E-state index contributed by atoms with van der Waals surface area (Å²) in [7, 11) is 1.50. The number of methoxy groups -OCH3 is 1. The Labute approximate surface area is 261 Å². The van der Waals surface area contributed by atoms with E-state index in [-0.39, 0.29) is 40.7 Å². The van der Waals surface area contributed by atoms with Gasteiger partial charge in [0.25, 0.3) is 11.5 Å². The zero-order valence-corrected chi connectivity index (χ0v) is 25.6. The van der Waals surface area contributed by atoms with Crippen molar-refractivity contribution in [3.05, 3.63) is 115 Å². The van der Waals surface area contributed by atoms with Crippen molar-refractivity contribution < 1.29 is 33.0 Å². The Balaban J connectivity index is 1.48. The molecule has 0 aliphatic carbocycles. The van der Waals surface area contributed by atoms with Gasteiger partial charge in [0.1, 0.15) is 16.9 Å². The first-order chi connectivity index (χ1) is 21.8. The number of fused-ring (bicyclic) bond motifs is 2. The summed E-state index contributed by atoms with van der Waals surface area (Å²) in [6, 6.07) is 16.0. The van der Waals surface area contributed by atoms with Crippen LogP contribution in [-0.4, -0.2) is 49.3 Å². The second-order valence-corrected chi connectivity index (χ2v) is 11.3. The Kier molecular flexibility index (Phi) is 8.33. The highest BCUT2D eigenvalue weighted by atomic mass is 32.1. The first-order valence-electron chi connectivity index (χ1n) is 14.3. The fraction of sp³-hybridized carbons (Fsp3) is 0.242. The van der Waals surface area contributed by atoms with Crippen molar-refractivity contribution in [2.45, 2.75) is 26.3 Å². The van der Waals surface area contributed by atoms with Gasteiger partial charge in [0.2, 0.25) is 5.76 Å². The van der Waals surface area contributed by atoms with E-state index in [0.717, 1.165) is 23.4 Å². The number of nitrogens with zero attached hydrogens (tertiary/aromatic N) is 3. The standard InChI is InChI=1S/C33H29N3O8S/c1-4-15-35-23-9-6-5-8-22(23)26(29(35)37)28-30(38)36-27(25(19(2)34-33(36)45-28)32(40)43-18-17-41-3)20-11-13-21(14-12-20)44-31(39)24-10-7-16-42-24/h5-14,16,27H,4,15,17-18H2,1-3H3/b28-26-/t27-/m1/s1. The summed E-state index contributed by atoms with van der Waals surface area (Å²) < 4.78 is 22.7. The number of hydrogen-bond donors (Lipinski definition) is 0. The van der Waals surface area contributed by atoms with E-state index in [0.29, 0.717) is 33.7 Å². The minimum Gasteiger partial charge on any atom is -0.460 e. The van der Waals surface area contributed by atoms with Gasteiger partial charge in [-0.1, -0.05) is 48.6 Å². The van der Waals surface area contributed by atoms with Crippen LogP contribution in [0.5, 0.6) is 5.75 Å². The molecule has 6 rings (SSSR count). The molecule has 11 nitrogen and oxygen atoms in total. The van der Waals surface area contributed by atoms with Crippen LogP contribution in [0.1, 0.15) is 48.0 Å². The summed E-state index contributed by atoms with van der Waals surface area (Å²) >= 11 is 1.11. The number of rotatable bonds is 9. The van der Waals surface area contributed by atoms with E-state index in [1.807, 2.05) is 31.2 Å². The van der Waals surface area contributed by atoms with Crippen molar-refractivity contribution in [3.63, 3.8) is 0 Å². The average Bonchev–Trinajstić information content (AvgIpc) is 3.75. The van der Waals surface area contributed by atoms with Crippen LogP contribution in [0.2, 0.25) is 0 Å². The normalized spacial score (nSPS) is 16.7. The number of ether oxygens (including phenoxy) is 3. The first kappa shape index (κ1) is 30.0. The number of carbonyl (C=O) groups is 3. The fourth-order valence-electron chi connectivity index (χ4n) is 5.46. The van der Waals surface area contributed by atoms with Crippen LogP contribution in [0.15, 0.2) is 92.4 Å². The third-order valence-electron chi connectivity index (χ3n) is 7.46. The largest absolute Gasteiger partial charge is 0.460 e. The van der Waals surface area contributed by atoms with Gasteiger partial charge in [-0.25, -0.2) is 14.6 Å². The lowest BCUT2D eigenvalue weighted by atomic mass is 9.96. The second kappa shape index (κ2) is 12.5. The van der Waals surface area contributed by atoms with Crippen molar-refractivity contribution in [1.82, 2.24) is 4.57 Å². The van der Waals surface area contributed by atoms with Gasteiger partial charge in [-0.2, -0.15) is 0 Å². The van der Waals surface area contributed by atoms with Crippen LogP contribution in [0.3, 0.4) is 0 Å². The summed E-state index contributed by atoms with van der Waals surface area (Å²) in [5.74, 6) is -1.28. The van der Waals surface area contributed by atoms with Crippen molar-refractivity contribution in [2.24, 2.45) is 4.99 Å². The number of hydrogen-bond acceptors (Lipinski definition) is 10. The van der Waals surface area contributed by atoms with E-state index in [1.54, 1.807) is 42.2 Å². The monoisotopic (exact) mass is 627 g/mol. The molecule has 0 radical (unpaired) electrons. The highest BCUT2D eigenvalue weighted by Crippen LogP contribution is 2.36. The van der Waals surface area contributed by atoms with E-state index in [4.69, 9.17) is 18.6 Å². The predicted molar refractivity (Wildman–Crippen MR) is 165 cm³/mol. The summed E-state index contributed by atoms with van der Waals surface area (Å²) in [4.78, 5) is 60.6. The molecule has 1 atom stereocenters. The number of esters is 2. The third kappa shape index (κ3) is 5.42. The molecule has 12 heteroatoms. The van der Waals surface area contributed by atoms with Gasteiger partial charge >= 0.3 is 11.9 Å². The number of benzene rings is 2. The number of para-hydroxylation sites is 1. The maximum absolute atomic E-state index is 14.3. The number of carbonyl (C=O) groups excluding carboxylic acids is 3. The molecule has 0 saturated carbocycles. The summed E-state index contributed by atoms with van der Waals surface area (Å²) in [5.41, 5.74) is 2.37. The van der Waals surface area contributed by atoms with E-state index in [1.165, 1.54) is 24.0 Å². The molecule has 0 saturated heterocycles. The summed E-state index contributed by atoms with van der Waals surface area (Å²) in [6.07, 6.45) is 2.12. The van der Waals surface area contributed by atoms with Crippen LogP contribution in [0.4, 0.5) is 5.69 Å². The molecule has 230 valence electrons. The van der Waals surface area contributed by atoms with Crippen LogP contribution >= 0.6 is 11.3 Å². The van der Waals surface area contributed by atoms with Gasteiger partial charge in [0.05, 0.1) is 41.4 Å². The molecule has 1 amide bonds. The highest BCUT2D eigenvalue weighted by Gasteiger charge is 2.37. The molecule has 0 spiro atoms. The number of amides is 1. The lowest BCUT2D eigenvalue weighted by molar-refractivity contribution is -0.140. The minimum atomic E-state index is -0.932. The minimum absolute atomic E-state index is 0.00756. The van der Waals surface area contributed by atoms with E-state index >= 15 is 0 Å². The Morgan fingerprint density at radius 3 is 2.49 bits per heavy atom. The van der Waals surface area contributed by atoms with Gasteiger partial charge in [0.15, 0.2) is 4.80 Å². The molecule has 2 aliphatic heterocycles. The van der Waals surface area contributed by atoms with Gasteiger partial charge in [-0.15, -0.1) is 0 Å². The van der Waals surface area contributed by atoms with Crippen molar-refractivity contribution in [2.75, 3.05) is 31.8 Å². The predicted octanol–water partition coefficient (Wildman–Crippen LogP) is 3.36. The number of anilines is 1. The highest BCUT2D eigenvalue weighted by molar-refractivity contribution is 7.07. The molecule has 2 aromatic carbocycles. The molecule has 4 heterocycles. The lowest BCUT2D eigenvalue weighted by Crippen LogP contribution is -2.41. The van der Waals surface area contributed by atoms with E-state index in [2.05, 4.69) is 4.99 Å². The summed E-state index contributed by atoms with van der Waals surface area (Å²) in [6.45, 7) is 4.37. The van der Waals surface area contributed by atoms with Crippen LogP contribution < -0.4 is 24.5 Å². The molecule has 4 aromatic rings. The van der Waals surface area contributed by atoms with Gasteiger partial charge in [0, 0.05) is 19.2 Å². The van der Waals surface area contributed by atoms with E-state index < -0.39 is 23.5 Å². The Morgan fingerprint density at radius 2 is 1.78 bits per heavy atom. The Bertz CT molecular complexity index is 2000. The molecule has 0 fully saturated rings. The second-order valence-electron chi connectivity index (χ2n) is 10.3. The van der Waals surface area contributed by atoms with Crippen molar-refractivity contribution in [1.29, 1.82) is 0 Å². The maximum Gasteiger partial charge on any atom is 0.379 e. The number of allylic oxidation sites excluding steroid dienone is 1. The number of furan rings is 1. The molecule has 45 heavy (non-hydrogen) atoms. The molecular formula is C33H29N3O8S. The zero-order valence-electron chi connectivity index (χ0n) is 24.8. The molecule has 0 unspecified atom stereocenters. The van der Waals surface area contributed by atoms with Crippen LogP contribution in [0.25, 0.3) is 5.57 Å². The van der Waals surface area contributed by atoms with Crippen molar-refractivity contribution in [3.8, 4) is 5.75 Å². The molecular weight excluding hydrogens is 598 g/mol. The zero-order chi connectivity index (χ0) is 31.7. The van der Waals surface area contributed by atoms with E-state index in [9.17, 15) is 19.2 Å². The quantitative estimate of drug-likeness (QED) is 0.157. The third-order valence-corrected chi connectivity index (χ3v) is 8.52. The van der Waals surface area contributed by atoms with Gasteiger partial charge in [-0.3, -0.25) is 14.2 Å². The Morgan fingerprint density at radius 1 is 1.00 bits per heavy atom. The molecule has 2 aliphatic rings. The molecule has 0 bridgehead atoms. The van der Waals surface area contributed by atoms with Crippen LogP contribution in [0, 0.1) is 0 Å². The Hall–Kier alpha value is -5.07. The maximum atomic E-state index is 14.3. The van der Waals surface area contributed by atoms with Gasteiger partial charge in [-0.05, 0) is 49.2 Å². The molecule has 0 N–H and O–H groups in total. The molecule has 2 aromatic heterocycles. The van der Waals surface area contributed by atoms with Crippen LogP contribution in [-0.2, 0) is 19.1 Å². The SMILES string of the molecule is CCCN1C(=O)/C(=c2\sc3n(c2=O)[C@H](c2ccc(OC(=O)c4ccco4)cc2)C(C(=O)OCCOC)=C(C)N=3)c2ccccc21. The average molecular weight is 628 g/mol. The number of thiazole rings is 1. The number of aromatic nitrogens is 1.